The Bertz CT molecular complexity index is 387. The normalized spacial score (nSPS) is 19.2. The standard InChI is InChI=1S/C10H17NO6S/c1-2-10(12)17-9(8-18(13,14)15)7-11-3-5-16-6-4-11/h2,9H,1,3-8H2,(H,13,14,15). The fraction of sp³-hybridized carbons (Fsp3) is 0.700. The summed E-state index contributed by atoms with van der Waals surface area (Å²) in [4.78, 5) is 13.0. The van der Waals surface area contributed by atoms with Crippen LogP contribution in [0.3, 0.4) is 0 Å². The van der Waals surface area contributed by atoms with Crippen LogP contribution in [0.25, 0.3) is 0 Å². The highest BCUT2D eigenvalue weighted by atomic mass is 32.2. The lowest BCUT2D eigenvalue weighted by Gasteiger charge is -2.29. The lowest BCUT2D eigenvalue weighted by atomic mass is 10.3. The number of esters is 1. The summed E-state index contributed by atoms with van der Waals surface area (Å²) in [5.41, 5.74) is 0. The van der Waals surface area contributed by atoms with Gasteiger partial charge in [-0.2, -0.15) is 8.42 Å². The van der Waals surface area contributed by atoms with Gasteiger partial charge in [0.25, 0.3) is 10.1 Å². The summed E-state index contributed by atoms with van der Waals surface area (Å²) in [5.74, 6) is -1.33. The Labute approximate surface area is 106 Å². The Kier molecular flexibility index (Phi) is 5.73. The summed E-state index contributed by atoms with van der Waals surface area (Å²) in [6.07, 6.45) is 0.0413. The zero-order valence-corrected chi connectivity index (χ0v) is 10.8. The third kappa shape index (κ3) is 6.10. The van der Waals surface area contributed by atoms with Crippen molar-refractivity contribution in [3.8, 4) is 0 Å². The van der Waals surface area contributed by atoms with Crippen molar-refractivity contribution in [1.82, 2.24) is 4.90 Å². The molecule has 1 rings (SSSR count). The van der Waals surface area contributed by atoms with E-state index in [9.17, 15) is 13.2 Å². The summed E-state index contributed by atoms with van der Waals surface area (Å²) in [6.45, 7) is 5.84. The van der Waals surface area contributed by atoms with Gasteiger partial charge in [-0.05, 0) is 0 Å². The summed E-state index contributed by atoms with van der Waals surface area (Å²) in [7, 11) is -4.20. The first-order valence-electron chi connectivity index (χ1n) is 5.49. The molecule has 1 fully saturated rings. The molecule has 0 aromatic carbocycles. The van der Waals surface area contributed by atoms with Gasteiger partial charge in [0.05, 0.1) is 13.2 Å². The first-order valence-corrected chi connectivity index (χ1v) is 7.10. The van der Waals surface area contributed by atoms with Gasteiger partial charge < -0.3 is 9.47 Å². The SMILES string of the molecule is C=CC(=O)OC(CN1CCOCC1)CS(=O)(=O)O. The van der Waals surface area contributed by atoms with Crippen LogP contribution in [0.15, 0.2) is 12.7 Å². The van der Waals surface area contributed by atoms with Crippen LogP contribution in [0.4, 0.5) is 0 Å². The molecule has 1 N–H and O–H groups in total. The molecule has 0 aromatic rings. The largest absolute Gasteiger partial charge is 0.457 e. The molecule has 1 heterocycles. The van der Waals surface area contributed by atoms with E-state index in [0.717, 1.165) is 6.08 Å². The van der Waals surface area contributed by atoms with E-state index in [4.69, 9.17) is 14.0 Å². The molecule has 7 nitrogen and oxygen atoms in total. The highest BCUT2D eigenvalue weighted by molar-refractivity contribution is 7.85. The summed E-state index contributed by atoms with van der Waals surface area (Å²) in [5, 5.41) is 0. The molecule has 8 heteroatoms. The lowest BCUT2D eigenvalue weighted by molar-refractivity contribution is -0.143. The molecular weight excluding hydrogens is 262 g/mol. The van der Waals surface area contributed by atoms with Crippen LogP contribution < -0.4 is 0 Å². The van der Waals surface area contributed by atoms with Gasteiger partial charge in [0.15, 0.2) is 0 Å². The second kappa shape index (κ2) is 6.83. The molecule has 0 spiro atoms. The van der Waals surface area contributed by atoms with Crippen LogP contribution in [0, 0.1) is 0 Å². The molecule has 0 amide bonds. The molecule has 0 bridgehead atoms. The topological polar surface area (TPSA) is 93.1 Å². The van der Waals surface area contributed by atoms with E-state index in [1.165, 1.54) is 0 Å². The number of rotatable bonds is 6. The van der Waals surface area contributed by atoms with Crippen LogP contribution in [-0.2, 0) is 24.4 Å². The smallest absolute Gasteiger partial charge is 0.330 e. The molecule has 1 saturated heterocycles. The number of morpholine rings is 1. The highest BCUT2D eigenvalue weighted by Crippen LogP contribution is 2.05. The van der Waals surface area contributed by atoms with Gasteiger partial charge in [-0.1, -0.05) is 6.58 Å². The summed E-state index contributed by atoms with van der Waals surface area (Å²) < 4.78 is 40.6. The van der Waals surface area contributed by atoms with E-state index in [2.05, 4.69) is 6.58 Å². The quantitative estimate of drug-likeness (QED) is 0.390. The molecule has 1 unspecified atom stereocenters. The number of hydrogen-bond donors (Lipinski definition) is 1. The van der Waals surface area contributed by atoms with Gasteiger partial charge >= 0.3 is 5.97 Å². The number of nitrogens with zero attached hydrogens (tertiary/aromatic N) is 1. The monoisotopic (exact) mass is 279 g/mol. The Morgan fingerprint density at radius 3 is 2.61 bits per heavy atom. The van der Waals surface area contributed by atoms with Crippen LogP contribution in [0.1, 0.15) is 0 Å². The molecule has 104 valence electrons. The van der Waals surface area contributed by atoms with Crippen LogP contribution >= 0.6 is 0 Å². The van der Waals surface area contributed by atoms with Crippen molar-refractivity contribution >= 4 is 16.1 Å². The van der Waals surface area contributed by atoms with Crippen molar-refractivity contribution in [1.29, 1.82) is 0 Å². The maximum absolute atomic E-state index is 11.1. The van der Waals surface area contributed by atoms with E-state index in [0.29, 0.717) is 26.3 Å². The minimum absolute atomic E-state index is 0.239. The average molecular weight is 279 g/mol. The minimum atomic E-state index is -4.20. The Hall–Kier alpha value is -0.960. The van der Waals surface area contributed by atoms with Crippen LogP contribution in [0.5, 0.6) is 0 Å². The molecular formula is C10H17NO6S. The maximum Gasteiger partial charge on any atom is 0.330 e. The Morgan fingerprint density at radius 1 is 1.50 bits per heavy atom. The van der Waals surface area contributed by atoms with Crippen LogP contribution in [0.2, 0.25) is 0 Å². The van der Waals surface area contributed by atoms with E-state index < -0.39 is 27.9 Å². The van der Waals surface area contributed by atoms with Gasteiger partial charge in [0, 0.05) is 25.7 Å². The third-order valence-electron chi connectivity index (χ3n) is 2.41. The van der Waals surface area contributed by atoms with Gasteiger partial charge in [-0.25, -0.2) is 4.79 Å². The van der Waals surface area contributed by atoms with Crippen LogP contribution in [-0.4, -0.2) is 68.5 Å². The Balaban J connectivity index is 2.57. The van der Waals surface area contributed by atoms with Crippen molar-refractivity contribution in [3.63, 3.8) is 0 Å². The molecule has 0 aromatic heterocycles. The fourth-order valence-electron chi connectivity index (χ4n) is 1.64. The number of carbonyl (C=O) groups is 1. The van der Waals surface area contributed by atoms with Gasteiger partial charge in [-0.15, -0.1) is 0 Å². The first kappa shape index (κ1) is 15.1. The molecule has 0 radical (unpaired) electrons. The minimum Gasteiger partial charge on any atom is -0.457 e. The van der Waals surface area contributed by atoms with Crippen molar-refractivity contribution in [3.05, 3.63) is 12.7 Å². The predicted octanol–water partition coefficient (Wildman–Crippen LogP) is -0.696. The average Bonchev–Trinajstić information content (AvgIpc) is 2.27. The van der Waals surface area contributed by atoms with Crippen molar-refractivity contribution in [2.45, 2.75) is 6.10 Å². The second-order valence-corrected chi connectivity index (χ2v) is 5.42. The van der Waals surface area contributed by atoms with Gasteiger partial charge in [0.2, 0.25) is 0 Å². The number of ether oxygens (including phenoxy) is 2. The predicted molar refractivity (Wildman–Crippen MR) is 63.8 cm³/mol. The van der Waals surface area contributed by atoms with E-state index in [1.54, 1.807) is 0 Å². The lowest BCUT2D eigenvalue weighted by Crippen LogP contribution is -2.44. The van der Waals surface area contributed by atoms with E-state index in [1.807, 2.05) is 4.90 Å². The molecule has 1 aliphatic heterocycles. The number of hydrogen-bond acceptors (Lipinski definition) is 6. The summed E-state index contributed by atoms with van der Waals surface area (Å²) in [6, 6.07) is 0. The zero-order chi connectivity index (χ0) is 13.6. The highest BCUT2D eigenvalue weighted by Gasteiger charge is 2.24. The van der Waals surface area contributed by atoms with Gasteiger partial charge in [0.1, 0.15) is 11.9 Å². The Morgan fingerprint density at radius 2 is 2.11 bits per heavy atom. The third-order valence-corrected chi connectivity index (χ3v) is 3.20. The van der Waals surface area contributed by atoms with Crippen molar-refractivity contribution in [2.75, 3.05) is 38.6 Å². The van der Waals surface area contributed by atoms with E-state index >= 15 is 0 Å². The first-order chi connectivity index (χ1) is 8.40. The summed E-state index contributed by atoms with van der Waals surface area (Å²) >= 11 is 0. The molecule has 0 aliphatic carbocycles. The zero-order valence-electron chi connectivity index (χ0n) is 9.95. The van der Waals surface area contributed by atoms with E-state index in [-0.39, 0.29) is 6.54 Å². The van der Waals surface area contributed by atoms with Crippen molar-refractivity contribution in [2.24, 2.45) is 0 Å². The fourth-order valence-corrected chi connectivity index (χ4v) is 2.29. The number of carbonyl (C=O) groups excluding carboxylic acids is 1. The molecule has 18 heavy (non-hydrogen) atoms. The van der Waals surface area contributed by atoms with Gasteiger partial charge in [-0.3, -0.25) is 9.45 Å². The second-order valence-electron chi connectivity index (χ2n) is 3.92. The van der Waals surface area contributed by atoms with Crippen molar-refractivity contribution < 1.29 is 27.2 Å². The molecule has 0 saturated carbocycles. The molecule has 1 aliphatic rings. The molecule has 1 atom stereocenters. The maximum atomic E-state index is 11.1.